The minimum atomic E-state index is 0.0638. The number of aromatic amines is 1. The molecule has 0 saturated carbocycles. The minimum absolute atomic E-state index is 0.0638. The summed E-state index contributed by atoms with van der Waals surface area (Å²) in [4.78, 5) is 17.2. The number of hydrogen-bond acceptors (Lipinski definition) is 3. The first kappa shape index (κ1) is 8.93. The number of carbonyl (C=O) groups is 1. The summed E-state index contributed by atoms with van der Waals surface area (Å²) in [5, 5.41) is 6.67. The maximum Gasteiger partial charge on any atom is 0.251 e. The van der Waals surface area contributed by atoms with Crippen molar-refractivity contribution in [2.45, 2.75) is 13.3 Å². The molecule has 14 heavy (non-hydrogen) atoms. The standard InChI is InChI=1S/C9H12N4O/c1-3-7-4-8(14)13(5-7)9-10-6(2)11-12-9/h3,7H,1,4-5H2,2H3,(H,10,11,12). The second kappa shape index (κ2) is 3.25. The van der Waals surface area contributed by atoms with Gasteiger partial charge in [0.05, 0.1) is 0 Å². The molecule has 2 heterocycles. The molecular formula is C9H12N4O. The fraction of sp³-hybridized carbons (Fsp3) is 0.444. The van der Waals surface area contributed by atoms with Gasteiger partial charge in [0.25, 0.3) is 5.95 Å². The van der Waals surface area contributed by atoms with E-state index in [4.69, 9.17) is 0 Å². The Morgan fingerprint density at radius 3 is 3.00 bits per heavy atom. The molecule has 5 heteroatoms. The quantitative estimate of drug-likeness (QED) is 0.700. The summed E-state index contributed by atoms with van der Waals surface area (Å²) in [6.07, 6.45) is 2.31. The predicted molar refractivity (Wildman–Crippen MR) is 51.8 cm³/mol. The van der Waals surface area contributed by atoms with E-state index in [-0.39, 0.29) is 11.8 Å². The van der Waals surface area contributed by atoms with Crippen LogP contribution in [0.15, 0.2) is 12.7 Å². The number of rotatable bonds is 2. The number of nitrogens with one attached hydrogen (secondary N) is 1. The largest absolute Gasteiger partial charge is 0.279 e. The first-order valence-electron chi connectivity index (χ1n) is 4.52. The van der Waals surface area contributed by atoms with Gasteiger partial charge in [0.1, 0.15) is 5.82 Å². The van der Waals surface area contributed by atoms with E-state index in [2.05, 4.69) is 21.8 Å². The van der Waals surface area contributed by atoms with Gasteiger partial charge in [-0.3, -0.25) is 14.8 Å². The molecule has 2 rings (SSSR count). The van der Waals surface area contributed by atoms with Crippen molar-refractivity contribution in [1.29, 1.82) is 0 Å². The summed E-state index contributed by atoms with van der Waals surface area (Å²) in [5.41, 5.74) is 0. The zero-order valence-corrected chi connectivity index (χ0v) is 8.03. The molecule has 1 saturated heterocycles. The lowest BCUT2D eigenvalue weighted by molar-refractivity contribution is -0.117. The van der Waals surface area contributed by atoms with Crippen LogP contribution in [0.5, 0.6) is 0 Å². The van der Waals surface area contributed by atoms with E-state index in [1.807, 2.05) is 6.92 Å². The van der Waals surface area contributed by atoms with Crippen molar-refractivity contribution in [1.82, 2.24) is 15.2 Å². The summed E-state index contributed by atoms with van der Waals surface area (Å²) in [7, 11) is 0. The van der Waals surface area contributed by atoms with Gasteiger partial charge in [-0.25, -0.2) is 0 Å². The molecule has 1 N–H and O–H groups in total. The van der Waals surface area contributed by atoms with E-state index in [9.17, 15) is 4.79 Å². The number of aryl methyl sites for hydroxylation is 1. The van der Waals surface area contributed by atoms with Gasteiger partial charge < -0.3 is 0 Å². The summed E-state index contributed by atoms with van der Waals surface area (Å²) < 4.78 is 0. The highest BCUT2D eigenvalue weighted by Gasteiger charge is 2.30. The van der Waals surface area contributed by atoms with Crippen LogP contribution in [-0.2, 0) is 4.79 Å². The van der Waals surface area contributed by atoms with Crippen LogP contribution >= 0.6 is 0 Å². The molecule has 1 aromatic rings. The first-order valence-corrected chi connectivity index (χ1v) is 4.52. The Balaban J connectivity index is 2.20. The van der Waals surface area contributed by atoms with Gasteiger partial charge in [-0.2, -0.15) is 4.98 Å². The molecule has 0 aromatic carbocycles. The minimum Gasteiger partial charge on any atom is -0.279 e. The van der Waals surface area contributed by atoms with Crippen molar-refractivity contribution >= 4 is 11.9 Å². The van der Waals surface area contributed by atoms with Crippen LogP contribution in [0.25, 0.3) is 0 Å². The van der Waals surface area contributed by atoms with Crippen LogP contribution < -0.4 is 4.90 Å². The highest BCUT2D eigenvalue weighted by molar-refractivity contribution is 5.94. The van der Waals surface area contributed by atoms with Crippen LogP contribution in [0.1, 0.15) is 12.2 Å². The highest BCUT2D eigenvalue weighted by atomic mass is 16.2. The topological polar surface area (TPSA) is 61.9 Å². The summed E-state index contributed by atoms with van der Waals surface area (Å²) in [5.74, 6) is 1.47. The van der Waals surface area contributed by atoms with Crippen LogP contribution in [0.3, 0.4) is 0 Å². The summed E-state index contributed by atoms with van der Waals surface area (Å²) in [6, 6.07) is 0. The molecule has 0 aliphatic carbocycles. The van der Waals surface area contributed by atoms with Crippen molar-refractivity contribution in [3.63, 3.8) is 0 Å². The Hall–Kier alpha value is -1.65. The number of aromatic nitrogens is 3. The van der Waals surface area contributed by atoms with Crippen LogP contribution in [0, 0.1) is 12.8 Å². The lowest BCUT2D eigenvalue weighted by Gasteiger charge is -2.09. The van der Waals surface area contributed by atoms with E-state index in [1.54, 1.807) is 11.0 Å². The monoisotopic (exact) mass is 192 g/mol. The second-order valence-electron chi connectivity index (χ2n) is 3.43. The number of H-pyrrole nitrogens is 1. The molecule has 1 aliphatic rings. The van der Waals surface area contributed by atoms with E-state index in [0.29, 0.717) is 18.9 Å². The fourth-order valence-electron chi connectivity index (χ4n) is 1.54. The van der Waals surface area contributed by atoms with Crippen LogP contribution in [0.2, 0.25) is 0 Å². The zero-order valence-electron chi connectivity index (χ0n) is 8.03. The van der Waals surface area contributed by atoms with Gasteiger partial charge in [-0.15, -0.1) is 11.7 Å². The maximum atomic E-state index is 11.5. The van der Waals surface area contributed by atoms with E-state index < -0.39 is 0 Å². The van der Waals surface area contributed by atoms with Crippen molar-refractivity contribution < 1.29 is 4.79 Å². The Bertz CT molecular complexity index is 371. The van der Waals surface area contributed by atoms with E-state index in [0.717, 1.165) is 5.82 Å². The van der Waals surface area contributed by atoms with Gasteiger partial charge in [0.2, 0.25) is 5.91 Å². The molecule has 0 radical (unpaired) electrons. The highest BCUT2D eigenvalue weighted by Crippen LogP contribution is 2.22. The van der Waals surface area contributed by atoms with Crippen molar-refractivity contribution in [3.05, 3.63) is 18.5 Å². The summed E-state index contributed by atoms with van der Waals surface area (Å²) in [6.45, 7) is 6.13. The smallest absolute Gasteiger partial charge is 0.251 e. The molecule has 0 bridgehead atoms. The third kappa shape index (κ3) is 1.41. The number of amides is 1. The third-order valence-corrected chi connectivity index (χ3v) is 2.32. The molecule has 74 valence electrons. The van der Waals surface area contributed by atoms with Gasteiger partial charge in [-0.1, -0.05) is 6.08 Å². The number of hydrogen-bond donors (Lipinski definition) is 1. The average molecular weight is 192 g/mol. The molecule has 1 fully saturated rings. The van der Waals surface area contributed by atoms with E-state index >= 15 is 0 Å². The molecule has 0 spiro atoms. The average Bonchev–Trinajstić information content (AvgIpc) is 2.71. The fourth-order valence-corrected chi connectivity index (χ4v) is 1.54. The lowest BCUT2D eigenvalue weighted by atomic mass is 10.1. The first-order chi connectivity index (χ1) is 6.70. The third-order valence-electron chi connectivity index (χ3n) is 2.32. The normalized spacial score (nSPS) is 21.6. The SMILES string of the molecule is C=CC1CC(=O)N(c2n[nH]c(C)n2)C1. The Morgan fingerprint density at radius 1 is 1.71 bits per heavy atom. The van der Waals surface area contributed by atoms with E-state index in [1.165, 1.54) is 0 Å². The Morgan fingerprint density at radius 2 is 2.50 bits per heavy atom. The lowest BCUT2D eigenvalue weighted by Crippen LogP contribution is -2.25. The predicted octanol–water partition coefficient (Wildman–Crippen LogP) is 0.652. The van der Waals surface area contributed by atoms with Gasteiger partial charge in [0, 0.05) is 18.9 Å². The molecule has 1 unspecified atom stereocenters. The zero-order chi connectivity index (χ0) is 10.1. The van der Waals surface area contributed by atoms with Gasteiger partial charge in [-0.05, 0) is 6.92 Å². The maximum absolute atomic E-state index is 11.5. The van der Waals surface area contributed by atoms with Crippen molar-refractivity contribution in [3.8, 4) is 0 Å². The van der Waals surface area contributed by atoms with Crippen LogP contribution in [0.4, 0.5) is 5.95 Å². The second-order valence-corrected chi connectivity index (χ2v) is 3.43. The number of carbonyl (C=O) groups excluding carboxylic acids is 1. The Labute approximate surface area is 81.8 Å². The van der Waals surface area contributed by atoms with Crippen molar-refractivity contribution in [2.75, 3.05) is 11.4 Å². The van der Waals surface area contributed by atoms with Crippen LogP contribution in [-0.4, -0.2) is 27.6 Å². The Kier molecular flexibility index (Phi) is 2.07. The molecular weight excluding hydrogens is 180 g/mol. The number of nitrogens with zero attached hydrogens (tertiary/aromatic N) is 3. The number of anilines is 1. The molecule has 5 nitrogen and oxygen atoms in total. The van der Waals surface area contributed by atoms with Gasteiger partial charge in [0.15, 0.2) is 0 Å². The van der Waals surface area contributed by atoms with Gasteiger partial charge >= 0.3 is 0 Å². The van der Waals surface area contributed by atoms with Crippen molar-refractivity contribution in [2.24, 2.45) is 5.92 Å². The molecule has 1 aromatic heterocycles. The molecule has 1 aliphatic heterocycles. The molecule has 1 atom stereocenters. The molecule has 1 amide bonds. The summed E-state index contributed by atoms with van der Waals surface area (Å²) >= 11 is 0.